The first-order chi connectivity index (χ1) is 13.6. The maximum Gasteiger partial charge on any atom is 0.227 e. The molecule has 1 aliphatic carbocycles. The fourth-order valence-electron chi connectivity index (χ4n) is 4.58. The average Bonchev–Trinajstić information content (AvgIpc) is 3.15. The molecule has 150 valence electrons. The predicted molar refractivity (Wildman–Crippen MR) is 108 cm³/mol. The summed E-state index contributed by atoms with van der Waals surface area (Å²) >= 11 is 6.04. The van der Waals surface area contributed by atoms with Crippen molar-refractivity contribution in [3.05, 3.63) is 46.6 Å². The number of aryl methyl sites for hydroxylation is 1. The standard InChI is InChI=1S/C22H28ClN3O2/c1-2-18-6-3-4-15-26(18)20(27)12-11-19-24-25-21(28-19)22(13-5-14-22)16-7-9-17(23)10-8-16/h7-10,18H,2-6,11-15H2,1H3. The predicted octanol–water partition coefficient (Wildman–Crippen LogP) is 4.92. The molecule has 1 aliphatic heterocycles. The minimum Gasteiger partial charge on any atom is -0.424 e. The fraction of sp³-hybridized carbons (Fsp3) is 0.591. The molecule has 0 spiro atoms. The molecule has 1 unspecified atom stereocenters. The number of benzene rings is 1. The fourth-order valence-corrected chi connectivity index (χ4v) is 4.71. The van der Waals surface area contributed by atoms with Crippen LogP contribution in [0.3, 0.4) is 0 Å². The van der Waals surface area contributed by atoms with Gasteiger partial charge in [-0.05, 0) is 56.2 Å². The summed E-state index contributed by atoms with van der Waals surface area (Å²) in [6.07, 6.45) is 8.57. The molecule has 28 heavy (non-hydrogen) atoms. The Kier molecular flexibility index (Phi) is 5.72. The number of halogens is 1. The van der Waals surface area contributed by atoms with Gasteiger partial charge in [0.15, 0.2) is 0 Å². The van der Waals surface area contributed by atoms with E-state index in [9.17, 15) is 4.79 Å². The molecule has 4 rings (SSSR count). The molecule has 1 saturated carbocycles. The Hall–Kier alpha value is -1.88. The molecule has 1 aromatic carbocycles. The van der Waals surface area contributed by atoms with E-state index in [2.05, 4.69) is 34.2 Å². The largest absolute Gasteiger partial charge is 0.424 e. The van der Waals surface area contributed by atoms with Crippen LogP contribution in [0.2, 0.25) is 5.02 Å². The third-order valence-corrected chi connectivity index (χ3v) is 6.70. The van der Waals surface area contributed by atoms with Crippen molar-refractivity contribution < 1.29 is 9.21 Å². The van der Waals surface area contributed by atoms with E-state index in [1.807, 2.05) is 12.1 Å². The summed E-state index contributed by atoms with van der Waals surface area (Å²) in [6.45, 7) is 3.04. The quantitative estimate of drug-likeness (QED) is 0.689. The number of likely N-dealkylation sites (tertiary alicyclic amines) is 1. The molecule has 2 aromatic rings. The Morgan fingerprint density at radius 3 is 2.68 bits per heavy atom. The third kappa shape index (κ3) is 3.69. The van der Waals surface area contributed by atoms with Gasteiger partial charge in [0.25, 0.3) is 0 Å². The minimum atomic E-state index is -0.194. The number of hydrogen-bond acceptors (Lipinski definition) is 4. The van der Waals surface area contributed by atoms with Gasteiger partial charge < -0.3 is 9.32 Å². The highest BCUT2D eigenvalue weighted by Crippen LogP contribution is 2.48. The van der Waals surface area contributed by atoms with Crippen molar-refractivity contribution in [2.75, 3.05) is 6.54 Å². The first-order valence-electron chi connectivity index (χ1n) is 10.5. The highest BCUT2D eigenvalue weighted by Gasteiger charge is 2.45. The van der Waals surface area contributed by atoms with Gasteiger partial charge in [-0.1, -0.05) is 37.1 Å². The zero-order valence-corrected chi connectivity index (χ0v) is 17.2. The van der Waals surface area contributed by atoms with E-state index < -0.39 is 0 Å². The number of nitrogens with zero attached hydrogens (tertiary/aromatic N) is 3. The van der Waals surface area contributed by atoms with Crippen molar-refractivity contribution >= 4 is 17.5 Å². The van der Waals surface area contributed by atoms with Crippen LogP contribution in [0.4, 0.5) is 0 Å². The highest BCUT2D eigenvalue weighted by atomic mass is 35.5. The van der Waals surface area contributed by atoms with Crippen molar-refractivity contribution in [2.24, 2.45) is 0 Å². The van der Waals surface area contributed by atoms with Crippen LogP contribution in [0.1, 0.15) is 75.6 Å². The number of hydrogen-bond donors (Lipinski definition) is 0. The molecular weight excluding hydrogens is 374 g/mol. The highest BCUT2D eigenvalue weighted by molar-refractivity contribution is 6.30. The Labute approximate surface area is 171 Å². The lowest BCUT2D eigenvalue weighted by molar-refractivity contribution is -0.135. The lowest BCUT2D eigenvalue weighted by Gasteiger charge is -2.39. The SMILES string of the molecule is CCC1CCCCN1C(=O)CCc1nnc(C2(c3ccc(Cl)cc3)CCC2)o1. The molecule has 1 atom stereocenters. The first kappa shape index (κ1) is 19.4. The Morgan fingerprint density at radius 1 is 1.21 bits per heavy atom. The molecule has 5 nitrogen and oxygen atoms in total. The molecule has 6 heteroatoms. The molecule has 0 bridgehead atoms. The molecule has 0 radical (unpaired) electrons. The van der Waals surface area contributed by atoms with Crippen LogP contribution < -0.4 is 0 Å². The lowest BCUT2D eigenvalue weighted by atomic mass is 9.64. The molecule has 1 saturated heterocycles. The lowest BCUT2D eigenvalue weighted by Crippen LogP contribution is -2.43. The summed E-state index contributed by atoms with van der Waals surface area (Å²) in [5.74, 6) is 1.45. The second-order valence-corrected chi connectivity index (χ2v) is 8.52. The van der Waals surface area contributed by atoms with Gasteiger partial charge in [-0.3, -0.25) is 4.79 Å². The van der Waals surface area contributed by atoms with E-state index in [0.717, 1.165) is 50.1 Å². The monoisotopic (exact) mass is 401 g/mol. The van der Waals surface area contributed by atoms with Crippen LogP contribution in [0.5, 0.6) is 0 Å². The summed E-state index contributed by atoms with van der Waals surface area (Å²) < 4.78 is 6.04. The zero-order chi connectivity index (χ0) is 19.6. The van der Waals surface area contributed by atoms with E-state index in [0.29, 0.717) is 30.7 Å². The van der Waals surface area contributed by atoms with E-state index in [1.165, 1.54) is 12.0 Å². The van der Waals surface area contributed by atoms with Gasteiger partial charge in [0, 0.05) is 30.5 Å². The summed E-state index contributed by atoms with van der Waals surface area (Å²) in [6, 6.07) is 8.32. The van der Waals surface area contributed by atoms with E-state index >= 15 is 0 Å². The van der Waals surface area contributed by atoms with Crippen LogP contribution in [-0.4, -0.2) is 33.6 Å². The van der Waals surface area contributed by atoms with Gasteiger partial charge in [0.05, 0.1) is 5.41 Å². The number of amides is 1. The third-order valence-electron chi connectivity index (χ3n) is 6.45. The van der Waals surface area contributed by atoms with Crippen molar-refractivity contribution in [2.45, 2.75) is 76.2 Å². The van der Waals surface area contributed by atoms with Crippen LogP contribution in [0, 0.1) is 0 Å². The second-order valence-electron chi connectivity index (χ2n) is 8.09. The molecule has 1 amide bonds. The van der Waals surface area contributed by atoms with Gasteiger partial charge in [-0.2, -0.15) is 0 Å². The summed E-state index contributed by atoms with van der Waals surface area (Å²) in [4.78, 5) is 14.7. The van der Waals surface area contributed by atoms with Crippen LogP contribution in [0.15, 0.2) is 28.7 Å². The van der Waals surface area contributed by atoms with Gasteiger partial charge in [0.2, 0.25) is 17.7 Å². The first-order valence-corrected chi connectivity index (χ1v) is 10.9. The number of rotatable bonds is 6. The van der Waals surface area contributed by atoms with Crippen LogP contribution in [0.25, 0.3) is 0 Å². The molecule has 2 fully saturated rings. The number of carbonyl (C=O) groups is 1. The van der Waals surface area contributed by atoms with E-state index in [-0.39, 0.29) is 11.3 Å². The average molecular weight is 402 g/mol. The molecule has 2 aliphatic rings. The molecule has 0 N–H and O–H groups in total. The zero-order valence-electron chi connectivity index (χ0n) is 16.5. The van der Waals surface area contributed by atoms with Gasteiger partial charge >= 0.3 is 0 Å². The van der Waals surface area contributed by atoms with Crippen molar-refractivity contribution in [3.63, 3.8) is 0 Å². The van der Waals surface area contributed by atoms with Gasteiger partial charge in [-0.25, -0.2) is 0 Å². The topological polar surface area (TPSA) is 59.2 Å². The molecular formula is C22H28ClN3O2. The normalized spacial score (nSPS) is 21.4. The van der Waals surface area contributed by atoms with Crippen LogP contribution >= 0.6 is 11.6 Å². The van der Waals surface area contributed by atoms with Crippen LogP contribution in [-0.2, 0) is 16.6 Å². The molecule has 1 aromatic heterocycles. The molecule has 2 heterocycles. The Balaban J connectivity index is 1.43. The minimum absolute atomic E-state index is 0.194. The number of piperidine rings is 1. The Bertz CT molecular complexity index is 813. The maximum atomic E-state index is 12.7. The second kappa shape index (κ2) is 8.24. The maximum absolute atomic E-state index is 12.7. The van der Waals surface area contributed by atoms with Crippen molar-refractivity contribution in [3.8, 4) is 0 Å². The summed E-state index contributed by atoms with van der Waals surface area (Å²) in [7, 11) is 0. The van der Waals surface area contributed by atoms with E-state index in [1.54, 1.807) is 0 Å². The smallest absolute Gasteiger partial charge is 0.227 e. The number of aromatic nitrogens is 2. The van der Waals surface area contributed by atoms with Crippen molar-refractivity contribution in [1.82, 2.24) is 15.1 Å². The summed E-state index contributed by atoms with van der Waals surface area (Å²) in [5, 5.41) is 9.33. The number of carbonyl (C=O) groups excluding carboxylic acids is 1. The summed E-state index contributed by atoms with van der Waals surface area (Å²) in [5.41, 5.74) is 0.980. The van der Waals surface area contributed by atoms with Crippen molar-refractivity contribution in [1.29, 1.82) is 0 Å². The Morgan fingerprint density at radius 2 is 2.00 bits per heavy atom. The van der Waals surface area contributed by atoms with Gasteiger partial charge in [0.1, 0.15) is 0 Å². The van der Waals surface area contributed by atoms with E-state index in [4.69, 9.17) is 16.0 Å². The van der Waals surface area contributed by atoms with Gasteiger partial charge in [-0.15, -0.1) is 10.2 Å².